The zero-order valence-corrected chi connectivity index (χ0v) is 78.2. The fraction of sp³-hybridized carbons (Fsp3) is 0.145. The zero-order valence-electron chi connectivity index (χ0n) is 78.2. The molecule has 14 heteroatoms. The van der Waals surface area contributed by atoms with E-state index in [1.165, 1.54) is 0 Å². The van der Waals surface area contributed by atoms with E-state index in [1.54, 1.807) is 0 Å². The number of hydrogen-bond acceptors (Lipinski definition) is 14. The number of fused-ring (bicyclic) bond motifs is 1. The Morgan fingerprint density at radius 3 is 0.406 bits per heavy atom. The standard InChI is InChI=1S/C54H48O6.C49H44O6.C21H20O2/c1-39-23-25-52-51(53(39)59-37-45-27-47(55-33-41-15-7-3-8-16-41)31-48(28-45)56-34-42-17-9-4-10-18-42)26-24-40(2)54(52)60-38-46-29-49(57-35-43-19-11-5-12-20-43)32-50(30-46)58-36-44-21-13-6-14-22-44;1-37-22-44(54-35-42-24-46(50-31-38-14-6-2-7-15-38)29-47(25-42)51-32-39-16-8-3-9-17-39)28-45(23-37)55-36-43-26-48(52-33-40-18-10-4-11-19-40)30-49(27-43)53-34-41-20-12-5-13-21-41;1-17-12-20(22-15-18-8-4-2-5-9-18)14-21(13-17)23-16-19-10-6-3-7-11-19/h3-32H,33-38H2,1-2H3;2-30H,31-36H2,1H3;2-14H,15-16H2,1H3. The first kappa shape index (κ1) is 94.6. The Hall–Kier alpha value is -16.6. The van der Waals surface area contributed by atoms with Crippen LogP contribution in [-0.4, -0.2) is 0 Å². The van der Waals surface area contributed by atoms with Gasteiger partial charge in [0.25, 0.3) is 0 Å². The maximum atomic E-state index is 6.69. The molecule has 0 N–H and O–H groups in total. The summed E-state index contributed by atoms with van der Waals surface area (Å²) in [6.07, 6.45) is 0. The van der Waals surface area contributed by atoms with E-state index in [9.17, 15) is 0 Å². The van der Waals surface area contributed by atoms with Gasteiger partial charge in [-0.1, -0.05) is 328 Å². The fourth-order valence-corrected chi connectivity index (χ4v) is 15.3. The predicted molar refractivity (Wildman–Crippen MR) is 547 cm³/mol. The van der Waals surface area contributed by atoms with Crippen molar-refractivity contribution in [2.24, 2.45) is 0 Å². The molecule has 0 spiro atoms. The van der Waals surface area contributed by atoms with Crippen molar-refractivity contribution < 1.29 is 66.3 Å². The quantitative estimate of drug-likeness (QED) is 0.0360. The third-order valence-corrected chi connectivity index (χ3v) is 22.4. The number of ether oxygens (including phenoxy) is 14. The van der Waals surface area contributed by atoms with E-state index in [0.717, 1.165) is 134 Å². The molecule has 18 rings (SSSR count). The lowest BCUT2D eigenvalue weighted by Gasteiger charge is -2.18. The van der Waals surface area contributed by atoms with Crippen LogP contribution in [0.2, 0.25) is 0 Å². The van der Waals surface area contributed by atoms with Crippen LogP contribution in [0.4, 0.5) is 0 Å². The smallest absolute Gasteiger partial charge is 0.130 e. The molecule has 0 atom stereocenters. The van der Waals surface area contributed by atoms with E-state index in [1.807, 2.05) is 354 Å². The van der Waals surface area contributed by atoms with Crippen LogP contribution in [0.25, 0.3) is 10.8 Å². The number of rotatable bonds is 42. The van der Waals surface area contributed by atoms with Crippen molar-refractivity contribution in [3.05, 3.63) is 537 Å². The van der Waals surface area contributed by atoms with Crippen LogP contribution in [0.1, 0.15) is 100 Å². The third kappa shape index (κ3) is 30.2. The van der Waals surface area contributed by atoms with Crippen LogP contribution < -0.4 is 66.3 Å². The summed E-state index contributed by atoms with van der Waals surface area (Å²) in [5, 5.41) is 1.94. The first-order chi connectivity index (χ1) is 67.9. The average Bonchev–Trinajstić information content (AvgIpc) is 0.771. The Labute approximate surface area is 809 Å². The topological polar surface area (TPSA) is 129 Å². The molecule has 0 radical (unpaired) electrons. The van der Waals surface area contributed by atoms with Crippen molar-refractivity contribution in [1.82, 2.24) is 0 Å². The highest BCUT2D eigenvalue weighted by atomic mass is 16.5. The van der Waals surface area contributed by atoms with Crippen molar-refractivity contribution in [2.45, 2.75) is 120 Å². The van der Waals surface area contributed by atoms with E-state index in [2.05, 4.69) is 111 Å². The second-order valence-electron chi connectivity index (χ2n) is 33.6. The summed E-state index contributed by atoms with van der Waals surface area (Å²) < 4.78 is 87.8. The van der Waals surface area contributed by atoms with Crippen LogP contribution in [0, 0.1) is 27.7 Å². The zero-order chi connectivity index (χ0) is 94.3. The van der Waals surface area contributed by atoms with E-state index >= 15 is 0 Å². The molecule has 138 heavy (non-hydrogen) atoms. The van der Waals surface area contributed by atoms with Crippen molar-refractivity contribution in [2.75, 3.05) is 0 Å². The maximum absolute atomic E-state index is 6.69. The molecule has 0 heterocycles. The van der Waals surface area contributed by atoms with Gasteiger partial charge in [-0.05, 0) is 201 Å². The molecule has 0 aromatic heterocycles. The molecule has 0 aliphatic heterocycles. The van der Waals surface area contributed by atoms with Crippen LogP contribution in [0.15, 0.2) is 437 Å². The van der Waals surface area contributed by atoms with E-state index in [-0.39, 0.29) is 0 Å². The number of benzene rings is 18. The van der Waals surface area contributed by atoms with Crippen molar-refractivity contribution in [1.29, 1.82) is 0 Å². The van der Waals surface area contributed by atoms with Gasteiger partial charge in [0.1, 0.15) is 173 Å². The highest BCUT2D eigenvalue weighted by Gasteiger charge is 2.18. The van der Waals surface area contributed by atoms with Crippen molar-refractivity contribution >= 4 is 10.8 Å². The van der Waals surface area contributed by atoms with Gasteiger partial charge < -0.3 is 66.3 Å². The Kier molecular flexibility index (Phi) is 34.2. The number of hydrogen-bond donors (Lipinski definition) is 0. The van der Waals surface area contributed by atoms with Crippen molar-refractivity contribution in [3.8, 4) is 80.5 Å². The normalized spacial score (nSPS) is 10.7. The first-order valence-corrected chi connectivity index (χ1v) is 46.4. The van der Waals surface area contributed by atoms with Gasteiger partial charge in [-0.15, -0.1) is 0 Å². The average molecular weight is 1830 g/mol. The Morgan fingerprint density at radius 2 is 0.254 bits per heavy atom. The second kappa shape index (κ2) is 50.0. The van der Waals surface area contributed by atoms with Gasteiger partial charge in [0.05, 0.1) is 0 Å². The summed E-state index contributed by atoms with van der Waals surface area (Å²) in [4.78, 5) is 0. The lowest BCUT2D eigenvalue weighted by atomic mass is 10.0. The molecule has 18 aromatic rings. The monoisotopic (exact) mass is 1820 g/mol. The highest BCUT2D eigenvalue weighted by molar-refractivity contribution is 5.95. The Balaban J connectivity index is 0.000000163. The summed E-state index contributed by atoms with van der Waals surface area (Å²) in [5.41, 5.74) is 18.9. The predicted octanol–water partition coefficient (Wildman–Crippen LogP) is 29.6. The molecule has 14 nitrogen and oxygen atoms in total. The van der Waals surface area contributed by atoms with E-state index in [0.29, 0.717) is 150 Å². The van der Waals surface area contributed by atoms with Crippen LogP contribution in [-0.2, 0) is 92.5 Å². The Bertz CT molecular complexity index is 6130. The molecule has 0 bridgehead atoms. The minimum absolute atomic E-state index is 0.315. The lowest BCUT2D eigenvalue weighted by Crippen LogP contribution is -2.03. The van der Waals surface area contributed by atoms with Gasteiger partial charge in [0.15, 0.2) is 0 Å². The molecular weight excluding hydrogens is 1710 g/mol. The molecular formula is C124H112O14. The molecule has 0 amide bonds. The second-order valence-corrected chi connectivity index (χ2v) is 33.6. The SMILES string of the molecule is Cc1cc(OCc2cc(OCc3ccccc3)cc(OCc3ccccc3)c2)cc(OCc2cc(OCc3ccccc3)cc(OCc3ccccc3)c2)c1.Cc1cc(OCc2ccccc2)cc(OCc2ccccc2)c1.Cc1ccc2c(OCc3cc(OCc4ccccc4)cc(OCc4ccccc4)c3)c(C)ccc2c1OCc1cc(OCc2ccccc2)cc(OCc2ccccc2)c1. The van der Waals surface area contributed by atoms with Gasteiger partial charge >= 0.3 is 0 Å². The molecule has 0 saturated carbocycles. The minimum atomic E-state index is 0.315. The van der Waals surface area contributed by atoms with Crippen molar-refractivity contribution in [3.63, 3.8) is 0 Å². The van der Waals surface area contributed by atoms with Crippen LogP contribution in [0.3, 0.4) is 0 Å². The summed E-state index contributed by atoms with van der Waals surface area (Å²) in [5.74, 6) is 10.4. The fourth-order valence-electron chi connectivity index (χ4n) is 15.3. The summed E-state index contributed by atoms with van der Waals surface area (Å²) >= 11 is 0. The number of aryl methyl sites for hydroxylation is 4. The van der Waals surface area contributed by atoms with Gasteiger partial charge in [0, 0.05) is 47.2 Å². The molecule has 0 fully saturated rings. The van der Waals surface area contributed by atoms with Gasteiger partial charge in [0.2, 0.25) is 0 Å². The third-order valence-electron chi connectivity index (χ3n) is 22.4. The van der Waals surface area contributed by atoms with E-state index in [4.69, 9.17) is 66.3 Å². The van der Waals surface area contributed by atoms with Gasteiger partial charge in [-0.25, -0.2) is 0 Å². The van der Waals surface area contributed by atoms with E-state index < -0.39 is 0 Å². The molecule has 0 aliphatic carbocycles. The molecule has 0 unspecified atom stereocenters. The van der Waals surface area contributed by atoms with Crippen LogP contribution >= 0.6 is 0 Å². The largest absolute Gasteiger partial charge is 0.489 e. The first-order valence-electron chi connectivity index (χ1n) is 46.4. The summed E-state index contributed by atoms with van der Waals surface area (Å²) in [6.45, 7) is 14.2. The maximum Gasteiger partial charge on any atom is 0.130 e. The van der Waals surface area contributed by atoms with Gasteiger partial charge in [-0.3, -0.25) is 0 Å². The minimum Gasteiger partial charge on any atom is -0.489 e. The van der Waals surface area contributed by atoms with Gasteiger partial charge in [-0.2, -0.15) is 0 Å². The van der Waals surface area contributed by atoms with Crippen LogP contribution in [0.5, 0.6) is 80.5 Å². The molecule has 0 saturated heterocycles. The summed E-state index contributed by atoms with van der Waals surface area (Å²) in [6, 6.07) is 145. The molecule has 18 aromatic carbocycles. The Morgan fingerprint density at radius 1 is 0.123 bits per heavy atom. The molecule has 0 aliphatic rings. The lowest BCUT2D eigenvalue weighted by molar-refractivity contribution is 0.276. The summed E-state index contributed by atoms with van der Waals surface area (Å²) in [7, 11) is 0. The molecule has 692 valence electrons. The highest BCUT2D eigenvalue weighted by Crippen LogP contribution is 2.40.